The molecule has 0 saturated carbocycles. The summed E-state index contributed by atoms with van der Waals surface area (Å²) in [5.41, 5.74) is -0.599. The number of aliphatic carboxylic acids is 1. The molecule has 0 bridgehead atoms. The van der Waals surface area contributed by atoms with Crippen LogP contribution in [0.1, 0.15) is 32.4 Å². The topological polar surface area (TPSA) is 80.0 Å². The van der Waals surface area contributed by atoms with Crippen LogP contribution in [0.25, 0.3) is 0 Å². The third-order valence-electron chi connectivity index (χ3n) is 3.20. The molecule has 1 fully saturated rings. The summed E-state index contributed by atoms with van der Waals surface area (Å²) in [5, 5.41) is 9.29. The Balaban J connectivity index is 2.12. The molecule has 1 amide bonds. The molecule has 0 unspecified atom stereocenters. The first kappa shape index (κ1) is 14.4. The van der Waals surface area contributed by atoms with Gasteiger partial charge in [-0.1, -0.05) is 0 Å². The lowest BCUT2D eigenvalue weighted by molar-refractivity contribution is -0.141. The fourth-order valence-corrected chi connectivity index (χ4v) is 2.32. The Kier molecular flexibility index (Phi) is 3.74. The molecule has 6 nitrogen and oxygen atoms in total. The lowest BCUT2D eigenvalue weighted by Crippen LogP contribution is -2.35. The van der Waals surface area contributed by atoms with E-state index in [1.165, 1.54) is 11.2 Å². The van der Waals surface area contributed by atoms with Crippen LogP contribution in [0.5, 0.6) is 0 Å². The predicted molar refractivity (Wildman–Crippen MR) is 70.4 cm³/mol. The largest absolute Gasteiger partial charge is 0.481 e. The number of carboxylic acid groups (broad SMARTS) is 1. The van der Waals surface area contributed by atoms with Crippen molar-refractivity contribution in [2.24, 2.45) is 5.92 Å². The molecular formula is C14H19NO5. The minimum absolute atomic E-state index is 0.135. The summed E-state index contributed by atoms with van der Waals surface area (Å²) >= 11 is 0. The van der Waals surface area contributed by atoms with Crippen LogP contribution in [-0.4, -0.2) is 40.8 Å². The van der Waals surface area contributed by atoms with Crippen LogP contribution in [0.3, 0.4) is 0 Å². The molecule has 0 radical (unpaired) electrons. The maximum absolute atomic E-state index is 12.0. The van der Waals surface area contributed by atoms with E-state index in [4.69, 9.17) is 9.15 Å². The number of hydrogen-bond acceptors (Lipinski definition) is 4. The van der Waals surface area contributed by atoms with E-state index in [2.05, 4.69) is 0 Å². The van der Waals surface area contributed by atoms with Gasteiger partial charge in [0.25, 0.3) is 0 Å². The Morgan fingerprint density at radius 1 is 1.40 bits per heavy atom. The van der Waals surface area contributed by atoms with Crippen molar-refractivity contribution in [2.75, 3.05) is 13.1 Å². The SMILES string of the molecule is CC(C)(C)OC(=O)N1C[C@@H](C(=O)O)[C@H](c2ccco2)C1. The van der Waals surface area contributed by atoms with Crippen LogP contribution in [0, 0.1) is 5.92 Å². The monoisotopic (exact) mass is 281 g/mol. The van der Waals surface area contributed by atoms with E-state index in [0.29, 0.717) is 12.3 Å². The van der Waals surface area contributed by atoms with Gasteiger partial charge in [-0.15, -0.1) is 0 Å². The Morgan fingerprint density at radius 3 is 2.60 bits per heavy atom. The zero-order valence-corrected chi connectivity index (χ0v) is 11.8. The van der Waals surface area contributed by atoms with Crippen LogP contribution in [-0.2, 0) is 9.53 Å². The average molecular weight is 281 g/mol. The Morgan fingerprint density at radius 2 is 2.10 bits per heavy atom. The van der Waals surface area contributed by atoms with Crippen LogP contribution in [0.15, 0.2) is 22.8 Å². The van der Waals surface area contributed by atoms with Crippen LogP contribution in [0.4, 0.5) is 4.79 Å². The molecule has 2 atom stereocenters. The lowest BCUT2D eigenvalue weighted by Gasteiger charge is -2.24. The highest BCUT2D eigenvalue weighted by Crippen LogP contribution is 2.33. The van der Waals surface area contributed by atoms with Gasteiger partial charge in [-0.05, 0) is 32.9 Å². The van der Waals surface area contributed by atoms with Crippen molar-refractivity contribution in [3.63, 3.8) is 0 Å². The normalized spacial score (nSPS) is 22.9. The zero-order valence-electron chi connectivity index (χ0n) is 11.8. The molecule has 20 heavy (non-hydrogen) atoms. The second-order valence-electron chi connectivity index (χ2n) is 5.95. The molecule has 0 aliphatic carbocycles. The Hall–Kier alpha value is -1.98. The predicted octanol–water partition coefficient (Wildman–Crippen LogP) is 2.31. The maximum Gasteiger partial charge on any atom is 0.410 e. The number of likely N-dealkylation sites (tertiary alicyclic amines) is 1. The molecule has 0 aromatic carbocycles. The van der Waals surface area contributed by atoms with Crippen molar-refractivity contribution in [2.45, 2.75) is 32.3 Å². The fourth-order valence-electron chi connectivity index (χ4n) is 2.32. The van der Waals surface area contributed by atoms with Crippen LogP contribution in [0.2, 0.25) is 0 Å². The first-order valence-corrected chi connectivity index (χ1v) is 6.52. The van der Waals surface area contributed by atoms with Crippen molar-refractivity contribution >= 4 is 12.1 Å². The van der Waals surface area contributed by atoms with E-state index >= 15 is 0 Å². The highest BCUT2D eigenvalue weighted by molar-refractivity contribution is 5.75. The van der Waals surface area contributed by atoms with Gasteiger partial charge in [0.15, 0.2) is 0 Å². The van der Waals surface area contributed by atoms with Gasteiger partial charge >= 0.3 is 12.1 Å². The van der Waals surface area contributed by atoms with Crippen molar-refractivity contribution in [1.29, 1.82) is 0 Å². The molecule has 1 aliphatic heterocycles. The van der Waals surface area contributed by atoms with Gasteiger partial charge in [0.1, 0.15) is 11.4 Å². The summed E-state index contributed by atoms with van der Waals surface area (Å²) in [4.78, 5) is 24.8. The number of amides is 1. The standard InChI is InChI=1S/C14H19NO5/c1-14(2,3)20-13(18)15-7-9(10(8-15)12(16)17)11-5-4-6-19-11/h4-6,9-10H,7-8H2,1-3H3,(H,16,17)/t9-,10-/m1/s1. The average Bonchev–Trinajstić information content (AvgIpc) is 2.95. The first-order chi connectivity index (χ1) is 9.28. The minimum Gasteiger partial charge on any atom is -0.481 e. The number of nitrogens with zero attached hydrogens (tertiary/aromatic N) is 1. The number of furan rings is 1. The third kappa shape index (κ3) is 3.12. The zero-order chi connectivity index (χ0) is 14.9. The smallest absolute Gasteiger partial charge is 0.410 e. The van der Waals surface area contributed by atoms with Gasteiger partial charge in [0, 0.05) is 19.0 Å². The molecule has 1 N–H and O–H groups in total. The summed E-state index contributed by atoms with van der Waals surface area (Å²) in [5.74, 6) is -1.36. The molecule has 1 aromatic rings. The summed E-state index contributed by atoms with van der Waals surface area (Å²) in [6, 6.07) is 3.45. The van der Waals surface area contributed by atoms with Gasteiger partial charge in [0.2, 0.25) is 0 Å². The van der Waals surface area contributed by atoms with Gasteiger partial charge in [0.05, 0.1) is 12.2 Å². The third-order valence-corrected chi connectivity index (χ3v) is 3.20. The van der Waals surface area contributed by atoms with Crippen molar-refractivity contribution in [3.05, 3.63) is 24.2 Å². The van der Waals surface area contributed by atoms with Gasteiger partial charge in [-0.3, -0.25) is 4.79 Å². The second kappa shape index (κ2) is 5.19. The molecule has 110 valence electrons. The molecule has 6 heteroatoms. The highest BCUT2D eigenvalue weighted by atomic mass is 16.6. The van der Waals surface area contributed by atoms with Crippen molar-refractivity contribution in [3.8, 4) is 0 Å². The quantitative estimate of drug-likeness (QED) is 0.899. The van der Waals surface area contributed by atoms with E-state index in [1.54, 1.807) is 32.9 Å². The van der Waals surface area contributed by atoms with Gasteiger partial charge < -0.3 is 19.2 Å². The first-order valence-electron chi connectivity index (χ1n) is 6.52. The molecule has 2 rings (SSSR count). The molecule has 1 saturated heterocycles. The Labute approximate surface area is 117 Å². The minimum atomic E-state index is -0.933. The summed E-state index contributed by atoms with van der Waals surface area (Å²) < 4.78 is 10.6. The van der Waals surface area contributed by atoms with E-state index in [0.717, 1.165) is 0 Å². The van der Waals surface area contributed by atoms with E-state index in [1.807, 2.05) is 0 Å². The van der Waals surface area contributed by atoms with Gasteiger partial charge in [-0.2, -0.15) is 0 Å². The lowest BCUT2D eigenvalue weighted by atomic mass is 9.94. The molecule has 1 aromatic heterocycles. The molecular weight excluding hydrogens is 262 g/mol. The van der Waals surface area contributed by atoms with Crippen molar-refractivity contribution in [1.82, 2.24) is 4.90 Å². The number of carboxylic acids is 1. The van der Waals surface area contributed by atoms with E-state index < -0.39 is 23.6 Å². The number of rotatable bonds is 2. The van der Waals surface area contributed by atoms with E-state index in [9.17, 15) is 14.7 Å². The number of hydrogen-bond donors (Lipinski definition) is 1. The second-order valence-corrected chi connectivity index (χ2v) is 5.95. The number of carbonyl (C=O) groups excluding carboxylic acids is 1. The van der Waals surface area contributed by atoms with Crippen LogP contribution >= 0.6 is 0 Å². The molecule has 0 spiro atoms. The van der Waals surface area contributed by atoms with Gasteiger partial charge in [-0.25, -0.2) is 4.79 Å². The Bertz CT molecular complexity index is 488. The highest BCUT2D eigenvalue weighted by Gasteiger charge is 2.43. The molecule has 1 aliphatic rings. The maximum atomic E-state index is 12.0. The van der Waals surface area contributed by atoms with E-state index in [-0.39, 0.29) is 12.5 Å². The number of ether oxygens (including phenoxy) is 1. The number of carbonyl (C=O) groups is 2. The summed E-state index contributed by atoms with van der Waals surface area (Å²) in [7, 11) is 0. The van der Waals surface area contributed by atoms with Crippen molar-refractivity contribution < 1.29 is 23.8 Å². The summed E-state index contributed by atoms with van der Waals surface area (Å²) in [6.07, 6.45) is 1.02. The molecule has 2 heterocycles. The fraction of sp³-hybridized carbons (Fsp3) is 0.571. The van der Waals surface area contributed by atoms with Crippen LogP contribution < -0.4 is 0 Å². The summed E-state index contributed by atoms with van der Waals surface area (Å²) in [6.45, 7) is 5.76.